The van der Waals surface area contributed by atoms with Crippen molar-refractivity contribution in [2.24, 2.45) is 0 Å². The second-order valence-corrected chi connectivity index (χ2v) is 5.93. The monoisotopic (exact) mass is 271 g/mol. The molecular weight excluding hydrogens is 254 g/mol. The maximum atomic E-state index is 11.9. The van der Waals surface area contributed by atoms with Crippen molar-refractivity contribution >= 4 is 10.0 Å². The van der Waals surface area contributed by atoms with Crippen LogP contribution in [-0.2, 0) is 14.9 Å². The van der Waals surface area contributed by atoms with Crippen molar-refractivity contribution in [1.29, 1.82) is 0 Å². The molecule has 1 aliphatic rings. The molecule has 5 nitrogen and oxygen atoms in total. The topological polar surface area (TPSA) is 64.6 Å². The van der Waals surface area contributed by atoms with Crippen molar-refractivity contribution in [1.82, 2.24) is 4.89 Å². The van der Waals surface area contributed by atoms with Crippen LogP contribution < -0.4 is 9.62 Å². The van der Waals surface area contributed by atoms with Gasteiger partial charge >= 0.3 is 0 Å². The van der Waals surface area contributed by atoms with Crippen LogP contribution in [0.25, 0.3) is 0 Å². The molecule has 1 aromatic carbocycles. The summed E-state index contributed by atoms with van der Waals surface area (Å²) in [5.74, 6) is 0.616. The lowest BCUT2D eigenvalue weighted by molar-refractivity contribution is 0.0223. The highest BCUT2D eigenvalue weighted by atomic mass is 32.2. The van der Waals surface area contributed by atoms with Crippen LogP contribution in [0.15, 0.2) is 29.2 Å². The van der Waals surface area contributed by atoms with E-state index in [2.05, 4.69) is 4.89 Å². The van der Waals surface area contributed by atoms with Gasteiger partial charge in [-0.1, -0.05) is 17.7 Å². The van der Waals surface area contributed by atoms with Gasteiger partial charge in [-0.05, 0) is 37.1 Å². The zero-order valence-electron chi connectivity index (χ0n) is 10.3. The van der Waals surface area contributed by atoms with Crippen LogP contribution in [-0.4, -0.2) is 21.6 Å². The second-order valence-electron chi connectivity index (χ2n) is 4.29. The zero-order chi connectivity index (χ0) is 13.0. The van der Waals surface area contributed by atoms with Gasteiger partial charge in [-0.25, -0.2) is 8.42 Å². The van der Waals surface area contributed by atoms with Crippen LogP contribution in [0.4, 0.5) is 0 Å². The molecule has 6 heteroatoms. The summed E-state index contributed by atoms with van der Waals surface area (Å²) < 4.78 is 28.8. The summed E-state index contributed by atoms with van der Waals surface area (Å²) in [7, 11) is -2.07. The zero-order valence-corrected chi connectivity index (χ0v) is 11.1. The highest BCUT2D eigenvalue weighted by molar-refractivity contribution is 7.89. The molecule has 0 heterocycles. The molecule has 0 amide bonds. The molecule has 0 spiro atoms. The summed E-state index contributed by atoms with van der Waals surface area (Å²) in [6.07, 6.45) is 4.00. The average Bonchev–Trinajstić information content (AvgIpc) is 2.90. The average molecular weight is 271 g/mol. The minimum Gasteiger partial charge on any atom is -0.497 e. The van der Waals surface area contributed by atoms with Crippen molar-refractivity contribution in [3.8, 4) is 5.75 Å². The summed E-state index contributed by atoms with van der Waals surface area (Å²) in [4.78, 5) is 7.56. The number of ether oxygens (including phenoxy) is 1. The quantitative estimate of drug-likeness (QED) is 0.830. The number of hydrogen-bond donors (Lipinski definition) is 1. The molecule has 0 atom stereocenters. The van der Waals surface area contributed by atoms with Gasteiger partial charge in [-0.3, -0.25) is 4.84 Å². The third-order valence-corrected chi connectivity index (χ3v) is 4.20. The van der Waals surface area contributed by atoms with Gasteiger partial charge in [0.2, 0.25) is 0 Å². The molecule has 1 fully saturated rings. The molecule has 100 valence electrons. The van der Waals surface area contributed by atoms with Crippen molar-refractivity contribution in [2.75, 3.05) is 7.11 Å². The van der Waals surface area contributed by atoms with Crippen molar-refractivity contribution in [3.63, 3.8) is 0 Å². The van der Waals surface area contributed by atoms with Crippen LogP contribution in [0.2, 0.25) is 0 Å². The molecule has 18 heavy (non-hydrogen) atoms. The lowest BCUT2D eigenvalue weighted by atomic mass is 10.3. The molecule has 0 aliphatic heterocycles. The Hall–Kier alpha value is -1.11. The fourth-order valence-corrected chi connectivity index (χ4v) is 2.79. The number of sulfonamides is 1. The Morgan fingerprint density at radius 2 is 1.78 bits per heavy atom. The molecule has 0 saturated heterocycles. The SMILES string of the molecule is COc1ccc(S(=O)(=O)NOC2CCCC2)cc1. The molecule has 1 saturated carbocycles. The largest absolute Gasteiger partial charge is 0.497 e. The van der Waals surface area contributed by atoms with E-state index in [0.29, 0.717) is 5.75 Å². The summed E-state index contributed by atoms with van der Waals surface area (Å²) in [5, 5.41) is 0. The van der Waals surface area contributed by atoms with Gasteiger partial charge in [0.1, 0.15) is 5.75 Å². The standard InChI is InChI=1S/C12H17NO4S/c1-16-10-6-8-12(9-7-10)18(14,15)13-17-11-4-2-3-5-11/h6-9,11,13H,2-5H2,1H3. The maximum absolute atomic E-state index is 11.9. The first-order chi connectivity index (χ1) is 8.62. The van der Waals surface area contributed by atoms with Crippen molar-refractivity contribution in [3.05, 3.63) is 24.3 Å². The molecule has 0 radical (unpaired) electrons. The molecule has 1 aromatic rings. The van der Waals surface area contributed by atoms with Gasteiger partial charge in [0, 0.05) is 0 Å². The molecule has 2 rings (SSSR count). The molecule has 0 bridgehead atoms. The summed E-state index contributed by atoms with van der Waals surface area (Å²) in [6.45, 7) is 0. The minimum atomic E-state index is -3.60. The van der Waals surface area contributed by atoms with Crippen LogP contribution in [0.3, 0.4) is 0 Å². The number of rotatable bonds is 5. The Kier molecular flexibility index (Phi) is 4.21. The van der Waals surface area contributed by atoms with Gasteiger partial charge in [0.15, 0.2) is 0 Å². The smallest absolute Gasteiger partial charge is 0.262 e. The van der Waals surface area contributed by atoms with E-state index in [4.69, 9.17) is 9.57 Å². The van der Waals surface area contributed by atoms with E-state index in [9.17, 15) is 8.42 Å². The fourth-order valence-electron chi connectivity index (χ4n) is 1.94. The number of methoxy groups -OCH3 is 1. The van der Waals surface area contributed by atoms with Gasteiger partial charge < -0.3 is 4.74 Å². The number of hydrogen-bond acceptors (Lipinski definition) is 4. The summed E-state index contributed by atoms with van der Waals surface area (Å²) in [6, 6.07) is 6.17. The first-order valence-electron chi connectivity index (χ1n) is 5.93. The van der Waals surface area contributed by atoms with Crippen molar-refractivity contribution in [2.45, 2.75) is 36.7 Å². The molecule has 0 aromatic heterocycles. The van der Waals surface area contributed by atoms with Gasteiger partial charge in [-0.2, -0.15) is 0 Å². The Morgan fingerprint density at radius 3 is 2.33 bits per heavy atom. The first kappa shape index (κ1) is 13.3. The minimum absolute atomic E-state index is 0.00183. The number of benzene rings is 1. The lowest BCUT2D eigenvalue weighted by Crippen LogP contribution is -2.28. The molecule has 1 aliphatic carbocycles. The van der Waals surface area contributed by atoms with E-state index in [0.717, 1.165) is 25.7 Å². The Bertz CT molecular complexity index is 477. The predicted octanol–water partition coefficient (Wildman–Crippen LogP) is 1.85. The van der Waals surface area contributed by atoms with Gasteiger partial charge in [0.25, 0.3) is 10.0 Å². The Labute approximate surface area is 107 Å². The molecular formula is C12H17NO4S. The summed E-state index contributed by atoms with van der Waals surface area (Å²) in [5.41, 5.74) is 0. The maximum Gasteiger partial charge on any atom is 0.262 e. The highest BCUT2D eigenvalue weighted by Crippen LogP contribution is 2.21. The van der Waals surface area contributed by atoms with Crippen molar-refractivity contribution < 1.29 is 18.0 Å². The van der Waals surface area contributed by atoms with E-state index in [1.165, 1.54) is 19.2 Å². The van der Waals surface area contributed by atoms with E-state index in [-0.39, 0.29) is 11.0 Å². The van der Waals surface area contributed by atoms with E-state index in [1.807, 2.05) is 0 Å². The van der Waals surface area contributed by atoms with Crippen LogP contribution in [0.1, 0.15) is 25.7 Å². The van der Waals surface area contributed by atoms with Crippen LogP contribution >= 0.6 is 0 Å². The van der Waals surface area contributed by atoms with Crippen LogP contribution in [0, 0.1) is 0 Å². The second kappa shape index (κ2) is 5.69. The predicted molar refractivity (Wildman–Crippen MR) is 66.7 cm³/mol. The summed E-state index contributed by atoms with van der Waals surface area (Å²) >= 11 is 0. The van der Waals surface area contributed by atoms with Gasteiger partial charge in [0.05, 0.1) is 18.1 Å². The van der Waals surface area contributed by atoms with Crippen LogP contribution in [0.5, 0.6) is 5.75 Å². The molecule has 0 unspecified atom stereocenters. The fraction of sp³-hybridized carbons (Fsp3) is 0.500. The highest BCUT2D eigenvalue weighted by Gasteiger charge is 2.20. The van der Waals surface area contributed by atoms with E-state index >= 15 is 0 Å². The van der Waals surface area contributed by atoms with E-state index in [1.54, 1.807) is 12.1 Å². The molecule has 1 N–H and O–H groups in total. The van der Waals surface area contributed by atoms with E-state index < -0.39 is 10.0 Å². The van der Waals surface area contributed by atoms with Gasteiger partial charge in [-0.15, -0.1) is 0 Å². The normalized spacial score (nSPS) is 16.9. The Morgan fingerprint density at radius 1 is 1.17 bits per heavy atom. The third kappa shape index (κ3) is 3.22. The third-order valence-electron chi connectivity index (χ3n) is 3.00. The Balaban J connectivity index is 2.00. The first-order valence-corrected chi connectivity index (χ1v) is 7.41. The number of nitrogens with one attached hydrogen (secondary N) is 1. The lowest BCUT2D eigenvalue weighted by Gasteiger charge is -2.12.